The predicted octanol–water partition coefficient (Wildman–Crippen LogP) is 3.71. The highest BCUT2D eigenvalue weighted by Crippen LogP contribution is 2.61. The van der Waals surface area contributed by atoms with Crippen LogP contribution in [0, 0.1) is 10.1 Å². The van der Waals surface area contributed by atoms with Gasteiger partial charge in [-0.05, 0) is 36.2 Å². The molecule has 2 amide bonds. The van der Waals surface area contributed by atoms with E-state index in [1.807, 2.05) is 0 Å². The van der Waals surface area contributed by atoms with E-state index in [0.717, 1.165) is 4.90 Å². The van der Waals surface area contributed by atoms with Crippen LogP contribution in [0.25, 0.3) is 0 Å². The lowest BCUT2D eigenvalue weighted by atomic mass is 9.57. The van der Waals surface area contributed by atoms with Gasteiger partial charge in [0, 0.05) is 27.5 Å². The maximum Gasteiger partial charge on any atom is 0.338 e. The molecule has 0 saturated heterocycles. The number of nitrogens with zero attached hydrogens (tertiary/aromatic N) is 2. The zero-order valence-electron chi connectivity index (χ0n) is 18.6. The number of nitro groups is 1. The highest BCUT2D eigenvalue weighted by atomic mass is 16.6. The number of carbonyl (C=O) groups excluding carboxylic acids is 3. The molecule has 3 aromatic rings. The summed E-state index contributed by atoms with van der Waals surface area (Å²) in [5.74, 6) is -2.57. The minimum absolute atomic E-state index is 0.116. The first-order chi connectivity index (χ1) is 16.9. The molecule has 0 saturated carbocycles. The fourth-order valence-electron chi connectivity index (χ4n) is 5.72. The number of esters is 1. The van der Waals surface area contributed by atoms with Gasteiger partial charge in [0.15, 0.2) is 0 Å². The van der Waals surface area contributed by atoms with E-state index in [0.29, 0.717) is 22.3 Å². The third-order valence-corrected chi connectivity index (χ3v) is 6.98. The molecule has 172 valence electrons. The molecule has 8 nitrogen and oxygen atoms in total. The van der Waals surface area contributed by atoms with E-state index >= 15 is 0 Å². The Morgan fingerprint density at radius 2 is 1.60 bits per heavy atom. The Hall–Kier alpha value is -4.59. The summed E-state index contributed by atoms with van der Waals surface area (Å²) in [6, 6.07) is 19.8. The first-order valence-electron chi connectivity index (χ1n) is 11.2. The van der Waals surface area contributed by atoms with E-state index in [9.17, 15) is 24.5 Å². The highest BCUT2D eigenvalue weighted by Gasteiger charge is 2.68. The van der Waals surface area contributed by atoms with Crippen molar-refractivity contribution in [1.82, 2.24) is 0 Å². The van der Waals surface area contributed by atoms with Gasteiger partial charge in [-0.25, -0.2) is 9.69 Å². The van der Waals surface area contributed by atoms with E-state index in [1.165, 1.54) is 18.2 Å². The number of carbonyl (C=O) groups is 3. The van der Waals surface area contributed by atoms with E-state index in [-0.39, 0.29) is 29.0 Å². The van der Waals surface area contributed by atoms with Crippen molar-refractivity contribution in [3.8, 4) is 0 Å². The number of anilines is 1. The minimum atomic E-state index is -2.00. The van der Waals surface area contributed by atoms with Crippen molar-refractivity contribution in [2.75, 3.05) is 11.5 Å². The standard InChI is InChI=1S/C27H18N2O6/c1-2-35-26(32)15-8-7-9-16(14-15)28-24(30)22-21-17-10-3-5-12-19(17)27(29(33)34,23(22)25(28)31)20-13-6-4-11-18(20)21/h3-14,21H,2H2,1H3. The lowest BCUT2D eigenvalue weighted by Crippen LogP contribution is -2.49. The molecule has 0 unspecified atom stereocenters. The molecular formula is C27H18N2O6. The van der Waals surface area contributed by atoms with Crippen LogP contribution >= 0.6 is 0 Å². The average Bonchev–Trinajstić information content (AvgIpc) is 3.14. The fraction of sp³-hybridized carbons (Fsp3) is 0.148. The Morgan fingerprint density at radius 3 is 2.20 bits per heavy atom. The van der Waals surface area contributed by atoms with Crippen molar-refractivity contribution in [1.29, 1.82) is 0 Å². The highest BCUT2D eigenvalue weighted by molar-refractivity contribution is 6.35. The van der Waals surface area contributed by atoms with Gasteiger partial charge in [0.2, 0.25) is 0 Å². The summed E-state index contributed by atoms with van der Waals surface area (Å²) in [6.07, 6.45) is 0. The molecule has 0 aromatic heterocycles. The number of benzene rings is 3. The number of rotatable bonds is 4. The third-order valence-electron chi connectivity index (χ3n) is 6.98. The molecule has 2 bridgehead atoms. The molecule has 0 fully saturated rings. The Balaban J connectivity index is 1.59. The smallest absolute Gasteiger partial charge is 0.338 e. The molecule has 35 heavy (non-hydrogen) atoms. The number of imide groups is 1. The van der Waals surface area contributed by atoms with Crippen molar-refractivity contribution >= 4 is 23.5 Å². The van der Waals surface area contributed by atoms with E-state index in [1.54, 1.807) is 61.5 Å². The molecule has 1 aliphatic heterocycles. The largest absolute Gasteiger partial charge is 0.462 e. The zero-order chi connectivity index (χ0) is 24.5. The van der Waals surface area contributed by atoms with Crippen molar-refractivity contribution in [3.05, 3.63) is 122 Å². The summed E-state index contributed by atoms with van der Waals surface area (Å²) in [5.41, 5.74) is 0.403. The van der Waals surface area contributed by atoms with Crippen LogP contribution in [-0.4, -0.2) is 29.3 Å². The summed E-state index contributed by atoms with van der Waals surface area (Å²) in [6.45, 7) is 1.85. The van der Waals surface area contributed by atoms with Crippen molar-refractivity contribution in [2.45, 2.75) is 18.4 Å². The van der Waals surface area contributed by atoms with Gasteiger partial charge in [-0.2, -0.15) is 0 Å². The molecular weight excluding hydrogens is 448 g/mol. The molecule has 3 aromatic carbocycles. The van der Waals surface area contributed by atoms with E-state index < -0.39 is 34.2 Å². The Kier molecular flexibility index (Phi) is 4.32. The van der Waals surface area contributed by atoms with E-state index in [2.05, 4.69) is 0 Å². The first kappa shape index (κ1) is 21.0. The van der Waals surface area contributed by atoms with Crippen molar-refractivity contribution in [3.63, 3.8) is 0 Å². The average molecular weight is 466 g/mol. The second kappa shape index (κ2) is 7.20. The Bertz CT molecular complexity index is 1470. The van der Waals surface area contributed by atoms with Crippen LogP contribution in [0.2, 0.25) is 0 Å². The minimum Gasteiger partial charge on any atom is -0.462 e. The van der Waals surface area contributed by atoms with E-state index in [4.69, 9.17) is 4.74 Å². The lowest BCUT2D eigenvalue weighted by Gasteiger charge is -2.42. The molecule has 8 heteroatoms. The van der Waals surface area contributed by atoms with Gasteiger partial charge in [-0.1, -0.05) is 54.6 Å². The first-order valence-corrected chi connectivity index (χ1v) is 11.2. The number of ether oxygens (including phenoxy) is 1. The van der Waals surface area contributed by atoms with Gasteiger partial charge in [0.1, 0.15) is 5.57 Å². The molecule has 3 aliphatic carbocycles. The molecule has 1 heterocycles. The van der Waals surface area contributed by atoms with Crippen LogP contribution in [0.4, 0.5) is 5.69 Å². The van der Waals surface area contributed by atoms with Gasteiger partial charge < -0.3 is 4.74 Å². The number of hydrogen-bond donors (Lipinski definition) is 0. The van der Waals surface area contributed by atoms with Crippen LogP contribution < -0.4 is 4.90 Å². The van der Waals surface area contributed by atoms with Crippen LogP contribution in [0.15, 0.2) is 83.9 Å². The second-order valence-electron chi connectivity index (χ2n) is 8.58. The normalized spacial score (nSPS) is 21.5. The van der Waals surface area contributed by atoms with Gasteiger partial charge in [0.25, 0.3) is 11.8 Å². The monoisotopic (exact) mass is 466 g/mol. The number of hydrogen-bond acceptors (Lipinski definition) is 6. The molecule has 0 spiro atoms. The fourth-order valence-corrected chi connectivity index (χ4v) is 5.72. The van der Waals surface area contributed by atoms with Crippen LogP contribution in [0.1, 0.15) is 45.5 Å². The summed E-state index contributed by atoms with van der Waals surface area (Å²) < 4.78 is 5.04. The second-order valence-corrected chi connectivity index (χ2v) is 8.58. The van der Waals surface area contributed by atoms with Gasteiger partial charge >= 0.3 is 11.5 Å². The van der Waals surface area contributed by atoms with Crippen molar-refractivity contribution in [2.24, 2.45) is 0 Å². The maximum absolute atomic E-state index is 13.9. The molecule has 4 aliphatic rings. The van der Waals surface area contributed by atoms with Gasteiger partial charge in [-0.15, -0.1) is 0 Å². The Labute approximate surface area is 199 Å². The predicted molar refractivity (Wildman–Crippen MR) is 124 cm³/mol. The number of amides is 2. The lowest BCUT2D eigenvalue weighted by molar-refractivity contribution is -0.554. The molecule has 7 rings (SSSR count). The van der Waals surface area contributed by atoms with Gasteiger partial charge in [-0.3, -0.25) is 19.7 Å². The molecule has 0 N–H and O–H groups in total. The molecule has 0 atom stereocenters. The SMILES string of the molecule is CCOC(=O)c1cccc(N2C(=O)C3=C(C2=O)C2([N+](=O)[O-])c4ccccc4C3c3ccccc32)c1. The third kappa shape index (κ3) is 2.48. The summed E-state index contributed by atoms with van der Waals surface area (Å²) in [4.78, 5) is 53.4. The van der Waals surface area contributed by atoms with Crippen LogP contribution in [0.5, 0.6) is 0 Å². The van der Waals surface area contributed by atoms with Crippen LogP contribution in [-0.2, 0) is 19.9 Å². The summed E-state index contributed by atoms with van der Waals surface area (Å²) in [7, 11) is 0. The maximum atomic E-state index is 13.9. The Morgan fingerprint density at radius 1 is 0.971 bits per heavy atom. The quantitative estimate of drug-likeness (QED) is 0.251. The van der Waals surface area contributed by atoms with Crippen LogP contribution in [0.3, 0.4) is 0 Å². The zero-order valence-corrected chi connectivity index (χ0v) is 18.6. The summed E-state index contributed by atoms with van der Waals surface area (Å²) >= 11 is 0. The van der Waals surface area contributed by atoms with Crippen molar-refractivity contribution < 1.29 is 24.0 Å². The molecule has 0 radical (unpaired) electrons. The topological polar surface area (TPSA) is 107 Å². The van der Waals surface area contributed by atoms with Gasteiger partial charge in [0.05, 0.1) is 17.9 Å². The summed E-state index contributed by atoms with van der Waals surface area (Å²) in [5, 5.41) is 12.9.